The van der Waals surface area contributed by atoms with Crippen LogP contribution in [0.5, 0.6) is 5.75 Å². The number of carboxylic acid groups (broad SMARTS) is 1. The van der Waals surface area contributed by atoms with Crippen molar-refractivity contribution >= 4 is 17.7 Å². The molecule has 0 atom stereocenters. The lowest BCUT2D eigenvalue weighted by Gasteiger charge is -2.26. The number of fused-ring (bicyclic) bond motifs is 1. The van der Waals surface area contributed by atoms with E-state index < -0.39 is 5.97 Å². The molecule has 1 aliphatic heterocycles. The third-order valence-electron chi connectivity index (χ3n) is 4.30. The molecule has 3 rings (SSSR count). The number of aromatic carboxylic acids is 1. The average Bonchev–Trinajstić information content (AvgIpc) is 3.07. The maximum Gasteiger partial charge on any atom is 0.356 e. The molecule has 2 amide bonds. The van der Waals surface area contributed by atoms with Gasteiger partial charge in [-0.25, -0.2) is 9.59 Å². The standard InChI is InChI=1S/C18H22N4O4/c1-2-3-10-26-13-6-4-12(5-7-13)19-18(25)22-9-8-14-15(11-22)20-21-16(14)17(23)24/h4-7H,2-3,8-11H2,1H3,(H,19,25)(H,20,21)(H,23,24). The molecular weight excluding hydrogens is 336 g/mol. The summed E-state index contributed by atoms with van der Waals surface area (Å²) >= 11 is 0. The molecule has 0 spiro atoms. The maximum absolute atomic E-state index is 12.4. The van der Waals surface area contributed by atoms with Crippen molar-refractivity contribution in [3.05, 3.63) is 41.2 Å². The Morgan fingerprint density at radius 3 is 2.81 bits per heavy atom. The van der Waals surface area contributed by atoms with Gasteiger partial charge in [0, 0.05) is 17.8 Å². The number of nitrogens with zero attached hydrogens (tertiary/aromatic N) is 2. The molecule has 0 bridgehead atoms. The van der Waals surface area contributed by atoms with Crippen LogP contribution in [0.3, 0.4) is 0 Å². The SMILES string of the molecule is CCCCOc1ccc(NC(=O)N2CCc3c(C(=O)O)n[nH]c3C2)cc1. The summed E-state index contributed by atoms with van der Waals surface area (Å²) in [7, 11) is 0. The van der Waals surface area contributed by atoms with Crippen molar-refractivity contribution in [1.82, 2.24) is 15.1 Å². The molecule has 1 aliphatic rings. The summed E-state index contributed by atoms with van der Waals surface area (Å²) in [6, 6.07) is 7.02. The number of aromatic amines is 1. The van der Waals surface area contributed by atoms with E-state index in [2.05, 4.69) is 22.4 Å². The second-order valence-corrected chi connectivity index (χ2v) is 6.16. The van der Waals surface area contributed by atoms with Gasteiger partial charge < -0.3 is 20.1 Å². The van der Waals surface area contributed by atoms with Gasteiger partial charge in [0.2, 0.25) is 0 Å². The minimum Gasteiger partial charge on any atom is -0.494 e. The number of benzene rings is 1. The minimum atomic E-state index is -1.05. The first-order valence-corrected chi connectivity index (χ1v) is 8.66. The second-order valence-electron chi connectivity index (χ2n) is 6.16. The number of carbonyl (C=O) groups is 2. The van der Waals surface area contributed by atoms with Gasteiger partial charge in [0.05, 0.1) is 18.8 Å². The highest BCUT2D eigenvalue weighted by Crippen LogP contribution is 2.22. The average molecular weight is 358 g/mol. The Balaban J connectivity index is 1.57. The molecule has 0 aliphatic carbocycles. The Kier molecular flexibility index (Phi) is 5.40. The first kappa shape index (κ1) is 17.8. The Hall–Kier alpha value is -3.03. The number of rotatable bonds is 6. The normalized spacial score (nSPS) is 13.2. The van der Waals surface area contributed by atoms with Gasteiger partial charge in [-0.15, -0.1) is 0 Å². The lowest BCUT2D eigenvalue weighted by Crippen LogP contribution is -2.39. The number of hydrogen-bond donors (Lipinski definition) is 3. The Bertz CT molecular complexity index is 785. The third-order valence-corrected chi connectivity index (χ3v) is 4.30. The minimum absolute atomic E-state index is 0.0405. The molecule has 0 saturated carbocycles. The van der Waals surface area contributed by atoms with Gasteiger partial charge in [0.1, 0.15) is 5.75 Å². The van der Waals surface area contributed by atoms with Crippen LogP contribution in [-0.4, -0.2) is 45.4 Å². The van der Waals surface area contributed by atoms with E-state index in [0.29, 0.717) is 43.1 Å². The van der Waals surface area contributed by atoms with Crippen LogP contribution < -0.4 is 10.1 Å². The zero-order chi connectivity index (χ0) is 18.5. The topological polar surface area (TPSA) is 108 Å². The summed E-state index contributed by atoms with van der Waals surface area (Å²) in [5, 5.41) is 18.5. The van der Waals surface area contributed by atoms with Crippen molar-refractivity contribution in [2.75, 3.05) is 18.5 Å². The fourth-order valence-corrected chi connectivity index (χ4v) is 2.84. The first-order chi connectivity index (χ1) is 12.6. The number of unbranched alkanes of at least 4 members (excludes halogenated alkanes) is 1. The summed E-state index contributed by atoms with van der Waals surface area (Å²) < 4.78 is 5.60. The van der Waals surface area contributed by atoms with E-state index in [1.165, 1.54) is 0 Å². The summed E-state index contributed by atoms with van der Waals surface area (Å²) in [6.45, 7) is 3.54. The summed E-state index contributed by atoms with van der Waals surface area (Å²) in [5.41, 5.74) is 2.07. The molecule has 0 unspecified atom stereocenters. The van der Waals surface area contributed by atoms with Crippen LogP contribution in [0, 0.1) is 0 Å². The monoisotopic (exact) mass is 358 g/mol. The largest absolute Gasteiger partial charge is 0.494 e. The molecule has 1 aromatic heterocycles. The Morgan fingerprint density at radius 2 is 2.12 bits per heavy atom. The number of carbonyl (C=O) groups excluding carboxylic acids is 1. The molecule has 0 fully saturated rings. The van der Waals surface area contributed by atoms with Crippen molar-refractivity contribution in [2.24, 2.45) is 0 Å². The predicted molar refractivity (Wildman–Crippen MR) is 95.5 cm³/mol. The predicted octanol–water partition coefficient (Wildman–Crippen LogP) is 2.88. The van der Waals surface area contributed by atoms with E-state index in [1.807, 2.05) is 12.1 Å². The number of carboxylic acids is 1. The number of aromatic nitrogens is 2. The van der Waals surface area contributed by atoms with Crippen molar-refractivity contribution in [1.29, 1.82) is 0 Å². The fraction of sp³-hybridized carbons (Fsp3) is 0.389. The number of hydrogen-bond acceptors (Lipinski definition) is 4. The molecule has 1 aromatic carbocycles. The van der Waals surface area contributed by atoms with Crippen LogP contribution in [0.2, 0.25) is 0 Å². The smallest absolute Gasteiger partial charge is 0.356 e. The summed E-state index contributed by atoms with van der Waals surface area (Å²) in [5.74, 6) is -0.278. The highest BCUT2D eigenvalue weighted by Gasteiger charge is 2.27. The van der Waals surface area contributed by atoms with Gasteiger partial charge in [-0.2, -0.15) is 5.10 Å². The van der Waals surface area contributed by atoms with E-state index in [0.717, 1.165) is 18.6 Å². The van der Waals surface area contributed by atoms with Gasteiger partial charge in [-0.1, -0.05) is 13.3 Å². The zero-order valence-electron chi connectivity index (χ0n) is 14.6. The molecule has 2 heterocycles. The van der Waals surface area contributed by atoms with Crippen molar-refractivity contribution in [3.63, 3.8) is 0 Å². The number of nitrogens with one attached hydrogen (secondary N) is 2. The Morgan fingerprint density at radius 1 is 1.35 bits per heavy atom. The molecule has 2 aromatic rings. The van der Waals surface area contributed by atoms with Crippen LogP contribution in [0.4, 0.5) is 10.5 Å². The molecule has 138 valence electrons. The van der Waals surface area contributed by atoms with E-state index in [1.54, 1.807) is 17.0 Å². The van der Waals surface area contributed by atoms with E-state index in [4.69, 9.17) is 9.84 Å². The molecule has 3 N–H and O–H groups in total. The van der Waals surface area contributed by atoms with Crippen molar-refractivity contribution in [2.45, 2.75) is 32.7 Å². The van der Waals surface area contributed by atoms with Gasteiger partial charge >= 0.3 is 12.0 Å². The first-order valence-electron chi connectivity index (χ1n) is 8.66. The Labute approximate surface area is 151 Å². The van der Waals surface area contributed by atoms with Crippen LogP contribution >= 0.6 is 0 Å². The second kappa shape index (κ2) is 7.90. The molecular formula is C18H22N4O4. The molecule has 8 heteroatoms. The lowest BCUT2D eigenvalue weighted by molar-refractivity contribution is 0.0689. The highest BCUT2D eigenvalue weighted by molar-refractivity contribution is 5.90. The van der Waals surface area contributed by atoms with Crippen LogP contribution in [0.25, 0.3) is 0 Å². The highest BCUT2D eigenvalue weighted by atomic mass is 16.5. The number of amides is 2. The summed E-state index contributed by atoms with van der Waals surface area (Å²) in [6.07, 6.45) is 2.55. The molecule has 8 nitrogen and oxygen atoms in total. The third kappa shape index (κ3) is 3.96. The molecule has 0 saturated heterocycles. The van der Waals surface area contributed by atoms with Crippen LogP contribution in [0.1, 0.15) is 41.5 Å². The number of H-pyrrole nitrogens is 1. The van der Waals surface area contributed by atoms with Crippen LogP contribution in [0.15, 0.2) is 24.3 Å². The van der Waals surface area contributed by atoms with E-state index in [-0.39, 0.29) is 11.7 Å². The van der Waals surface area contributed by atoms with E-state index >= 15 is 0 Å². The van der Waals surface area contributed by atoms with Crippen molar-refractivity contribution < 1.29 is 19.4 Å². The van der Waals surface area contributed by atoms with Gasteiger partial charge in [0.15, 0.2) is 5.69 Å². The van der Waals surface area contributed by atoms with Gasteiger partial charge in [0.25, 0.3) is 0 Å². The number of ether oxygens (including phenoxy) is 1. The zero-order valence-corrected chi connectivity index (χ0v) is 14.6. The van der Waals surface area contributed by atoms with E-state index in [9.17, 15) is 9.59 Å². The molecule has 0 radical (unpaired) electrons. The lowest BCUT2D eigenvalue weighted by atomic mass is 10.0. The molecule has 26 heavy (non-hydrogen) atoms. The number of anilines is 1. The summed E-state index contributed by atoms with van der Waals surface area (Å²) in [4.78, 5) is 25.2. The fourth-order valence-electron chi connectivity index (χ4n) is 2.84. The van der Waals surface area contributed by atoms with Crippen LogP contribution in [-0.2, 0) is 13.0 Å². The van der Waals surface area contributed by atoms with Gasteiger partial charge in [-0.05, 0) is 37.1 Å². The quantitative estimate of drug-likeness (QED) is 0.688. The maximum atomic E-state index is 12.4. The van der Waals surface area contributed by atoms with Gasteiger partial charge in [-0.3, -0.25) is 5.10 Å². The number of urea groups is 1. The van der Waals surface area contributed by atoms with Crippen molar-refractivity contribution in [3.8, 4) is 5.75 Å².